The lowest BCUT2D eigenvalue weighted by Gasteiger charge is -2.11. The second-order valence-electron chi connectivity index (χ2n) is 7.18. The molecule has 1 aliphatic rings. The maximum Gasteiger partial charge on any atom is 0.282 e. The molecule has 0 radical (unpaired) electrons. The quantitative estimate of drug-likeness (QED) is 0.570. The van der Waals surface area contributed by atoms with E-state index in [1.54, 1.807) is 35.8 Å². The number of nitrogens with zero attached hydrogens (tertiary/aromatic N) is 3. The zero-order valence-corrected chi connectivity index (χ0v) is 18.3. The van der Waals surface area contributed by atoms with Crippen LogP contribution in [0, 0.1) is 0 Å². The van der Waals surface area contributed by atoms with Gasteiger partial charge in [-0.15, -0.1) is 11.3 Å². The number of amides is 1. The molecule has 1 N–H and O–H groups in total. The number of likely N-dealkylation sites (N-methyl/N-ethyl adjacent to an activating group) is 1. The number of ether oxygens (including phenoxy) is 2. The SMILES string of the molecule is CCNC(=O)COc1ccc(/C=N/n2cnc3sc4c(c3c2=O)CCCC4)cc1OC. The standard InChI is InChI=1S/C22H24N4O4S/c1-3-23-19(27)12-30-16-9-8-14(10-17(16)29-2)11-25-26-13-24-21-20(22(26)28)15-6-4-5-7-18(15)31-21/h8-11,13H,3-7,12H2,1-2H3,(H,23,27)/b25-11+. The van der Waals surface area contributed by atoms with E-state index in [4.69, 9.17) is 9.47 Å². The molecule has 0 aliphatic heterocycles. The van der Waals surface area contributed by atoms with Gasteiger partial charge in [-0.1, -0.05) is 0 Å². The average molecular weight is 441 g/mol. The van der Waals surface area contributed by atoms with Gasteiger partial charge in [-0.3, -0.25) is 9.59 Å². The van der Waals surface area contributed by atoms with Crippen LogP contribution in [0.1, 0.15) is 35.8 Å². The molecule has 0 unspecified atom stereocenters. The topological polar surface area (TPSA) is 94.8 Å². The molecule has 8 nitrogen and oxygen atoms in total. The third-order valence-corrected chi connectivity index (χ3v) is 6.31. The summed E-state index contributed by atoms with van der Waals surface area (Å²) in [6, 6.07) is 5.22. The van der Waals surface area contributed by atoms with E-state index in [2.05, 4.69) is 15.4 Å². The summed E-state index contributed by atoms with van der Waals surface area (Å²) >= 11 is 1.62. The van der Waals surface area contributed by atoms with E-state index in [9.17, 15) is 9.59 Å². The highest BCUT2D eigenvalue weighted by Gasteiger charge is 2.19. The Bertz CT molecular complexity index is 1200. The molecule has 9 heteroatoms. The van der Waals surface area contributed by atoms with Crippen molar-refractivity contribution in [3.63, 3.8) is 0 Å². The van der Waals surface area contributed by atoms with Gasteiger partial charge in [0, 0.05) is 11.4 Å². The van der Waals surface area contributed by atoms with Gasteiger partial charge in [-0.25, -0.2) is 4.98 Å². The summed E-state index contributed by atoms with van der Waals surface area (Å²) in [5, 5.41) is 7.69. The molecule has 2 aromatic heterocycles. The molecule has 4 rings (SSSR count). The fourth-order valence-corrected chi connectivity index (χ4v) is 4.84. The van der Waals surface area contributed by atoms with Crippen LogP contribution < -0.4 is 20.3 Å². The van der Waals surface area contributed by atoms with E-state index < -0.39 is 0 Å². The number of aromatic nitrogens is 2. The number of methoxy groups -OCH3 is 1. The second-order valence-corrected chi connectivity index (χ2v) is 8.27. The van der Waals surface area contributed by atoms with Crippen LogP contribution >= 0.6 is 11.3 Å². The number of hydrogen-bond acceptors (Lipinski definition) is 7. The highest BCUT2D eigenvalue weighted by molar-refractivity contribution is 7.18. The number of fused-ring (bicyclic) bond motifs is 3. The fourth-order valence-electron chi connectivity index (χ4n) is 3.62. The number of rotatable bonds is 7. The van der Waals surface area contributed by atoms with Crippen LogP contribution in [0.15, 0.2) is 34.4 Å². The summed E-state index contributed by atoms with van der Waals surface area (Å²) in [4.78, 5) is 31.1. The lowest BCUT2D eigenvalue weighted by molar-refractivity contribution is -0.123. The molecule has 0 fully saturated rings. The summed E-state index contributed by atoms with van der Waals surface area (Å²) in [5.74, 6) is 0.727. The molecule has 3 aromatic rings. The number of carbonyl (C=O) groups excluding carboxylic acids is 1. The lowest BCUT2D eigenvalue weighted by atomic mass is 9.97. The molecule has 0 saturated heterocycles. The number of hydrogen-bond donors (Lipinski definition) is 1. The van der Waals surface area contributed by atoms with Crippen LogP contribution in [-0.2, 0) is 17.6 Å². The Hall–Kier alpha value is -3.20. The number of thiophene rings is 1. The molecule has 0 atom stereocenters. The van der Waals surface area contributed by atoms with Gasteiger partial charge in [0.1, 0.15) is 11.2 Å². The van der Waals surface area contributed by atoms with Crippen molar-refractivity contribution in [1.82, 2.24) is 15.0 Å². The molecule has 162 valence electrons. The first-order valence-electron chi connectivity index (χ1n) is 10.2. The predicted octanol–water partition coefficient (Wildman–Crippen LogP) is 2.74. The zero-order chi connectivity index (χ0) is 21.8. The van der Waals surface area contributed by atoms with E-state index in [1.165, 1.54) is 23.0 Å². The number of aryl methyl sites for hydroxylation is 2. The Morgan fingerprint density at radius 2 is 2.16 bits per heavy atom. The van der Waals surface area contributed by atoms with Gasteiger partial charge in [-0.05, 0) is 61.9 Å². The summed E-state index contributed by atoms with van der Waals surface area (Å²) in [5.41, 5.74) is 1.72. The van der Waals surface area contributed by atoms with Gasteiger partial charge in [0.05, 0.1) is 18.7 Å². The highest BCUT2D eigenvalue weighted by atomic mass is 32.1. The largest absolute Gasteiger partial charge is 0.493 e. The zero-order valence-electron chi connectivity index (χ0n) is 17.5. The van der Waals surface area contributed by atoms with Gasteiger partial charge >= 0.3 is 0 Å². The Morgan fingerprint density at radius 1 is 1.32 bits per heavy atom. The Labute approximate surface area is 183 Å². The van der Waals surface area contributed by atoms with Crippen molar-refractivity contribution in [2.45, 2.75) is 32.6 Å². The average Bonchev–Trinajstić information content (AvgIpc) is 3.17. The number of nitrogens with one attached hydrogen (secondary N) is 1. The van der Waals surface area contributed by atoms with Crippen LogP contribution in [0.3, 0.4) is 0 Å². The molecular formula is C22H24N4O4S. The molecule has 1 amide bonds. The summed E-state index contributed by atoms with van der Waals surface area (Å²) < 4.78 is 12.2. The van der Waals surface area contributed by atoms with E-state index in [-0.39, 0.29) is 18.1 Å². The first-order chi connectivity index (χ1) is 15.1. The molecule has 1 aromatic carbocycles. The first kappa shape index (κ1) is 21.0. The molecule has 2 heterocycles. The Kier molecular flexibility index (Phi) is 6.31. The van der Waals surface area contributed by atoms with Crippen molar-refractivity contribution < 1.29 is 14.3 Å². The van der Waals surface area contributed by atoms with Crippen molar-refractivity contribution in [2.24, 2.45) is 5.10 Å². The third kappa shape index (κ3) is 4.46. The van der Waals surface area contributed by atoms with Gasteiger partial charge in [-0.2, -0.15) is 9.78 Å². The fraction of sp³-hybridized carbons (Fsp3) is 0.364. The lowest BCUT2D eigenvalue weighted by Crippen LogP contribution is -2.28. The molecular weight excluding hydrogens is 416 g/mol. The van der Waals surface area contributed by atoms with Crippen molar-refractivity contribution in [1.29, 1.82) is 0 Å². The third-order valence-electron chi connectivity index (χ3n) is 5.11. The Morgan fingerprint density at radius 3 is 2.97 bits per heavy atom. The normalized spacial score (nSPS) is 13.4. The summed E-state index contributed by atoms with van der Waals surface area (Å²) in [6.07, 6.45) is 7.25. The molecule has 0 spiro atoms. The van der Waals surface area contributed by atoms with Crippen molar-refractivity contribution >= 4 is 33.7 Å². The van der Waals surface area contributed by atoms with Crippen LogP contribution in [0.25, 0.3) is 10.2 Å². The number of benzene rings is 1. The van der Waals surface area contributed by atoms with Crippen LogP contribution in [-0.4, -0.2) is 42.0 Å². The van der Waals surface area contributed by atoms with E-state index in [0.29, 0.717) is 23.4 Å². The number of carbonyl (C=O) groups is 1. The minimum atomic E-state index is -0.201. The minimum Gasteiger partial charge on any atom is -0.493 e. The van der Waals surface area contributed by atoms with Gasteiger partial charge in [0.25, 0.3) is 11.5 Å². The van der Waals surface area contributed by atoms with E-state index >= 15 is 0 Å². The van der Waals surface area contributed by atoms with Crippen molar-refractivity contribution in [2.75, 3.05) is 20.3 Å². The summed E-state index contributed by atoms with van der Waals surface area (Å²) in [6.45, 7) is 2.30. The smallest absolute Gasteiger partial charge is 0.282 e. The van der Waals surface area contributed by atoms with Crippen LogP contribution in [0.4, 0.5) is 0 Å². The van der Waals surface area contributed by atoms with Crippen molar-refractivity contribution in [3.05, 3.63) is 50.9 Å². The minimum absolute atomic E-state index is 0.0936. The first-order valence-corrected chi connectivity index (χ1v) is 11.1. The monoisotopic (exact) mass is 440 g/mol. The van der Waals surface area contributed by atoms with Crippen molar-refractivity contribution in [3.8, 4) is 11.5 Å². The van der Waals surface area contributed by atoms with Crippen LogP contribution in [0.5, 0.6) is 11.5 Å². The van der Waals surface area contributed by atoms with Gasteiger partial charge in [0.15, 0.2) is 18.1 Å². The van der Waals surface area contributed by atoms with Gasteiger partial charge < -0.3 is 14.8 Å². The Balaban J connectivity index is 1.57. The maximum absolute atomic E-state index is 13.0. The van der Waals surface area contributed by atoms with Gasteiger partial charge in [0.2, 0.25) is 0 Å². The predicted molar refractivity (Wildman–Crippen MR) is 121 cm³/mol. The molecule has 0 saturated carbocycles. The second kappa shape index (κ2) is 9.30. The maximum atomic E-state index is 13.0. The highest BCUT2D eigenvalue weighted by Crippen LogP contribution is 2.33. The van der Waals surface area contributed by atoms with E-state index in [0.717, 1.165) is 41.6 Å². The molecule has 0 bridgehead atoms. The summed E-state index contributed by atoms with van der Waals surface area (Å²) in [7, 11) is 1.53. The van der Waals surface area contributed by atoms with Crippen LogP contribution in [0.2, 0.25) is 0 Å². The van der Waals surface area contributed by atoms with E-state index in [1.807, 2.05) is 6.92 Å². The molecule has 31 heavy (non-hydrogen) atoms. The molecule has 1 aliphatic carbocycles.